The fraction of sp³-hybridized carbons (Fsp3) is 0.381. The molecule has 5 aliphatic carbocycles. The Bertz CT molecular complexity index is 1680. The van der Waals surface area contributed by atoms with E-state index in [-0.39, 0.29) is 0 Å². The van der Waals surface area contributed by atoms with Crippen molar-refractivity contribution in [1.82, 2.24) is 4.90 Å². The molecule has 7 aliphatic rings. The molecule has 5 atom stereocenters. The molecular formula is C42H44N2. The molecule has 44 heavy (non-hydrogen) atoms. The van der Waals surface area contributed by atoms with Crippen LogP contribution in [0.25, 0.3) is 0 Å². The average Bonchev–Trinajstić information content (AvgIpc) is 3.60. The number of benzene rings is 2. The molecule has 2 aromatic rings. The summed E-state index contributed by atoms with van der Waals surface area (Å²) in [7, 11) is 0. The van der Waals surface area contributed by atoms with E-state index < -0.39 is 0 Å². The zero-order chi connectivity index (χ0) is 29.0. The van der Waals surface area contributed by atoms with Gasteiger partial charge in [-0.05, 0) is 117 Å². The highest BCUT2D eigenvalue weighted by molar-refractivity contribution is 5.69. The van der Waals surface area contributed by atoms with Crippen LogP contribution in [-0.2, 0) is 0 Å². The summed E-state index contributed by atoms with van der Waals surface area (Å²) in [6.07, 6.45) is 33.3. The molecule has 5 unspecified atom stereocenters. The van der Waals surface area contributed by atoms with E-state index in [1.54, 1.807) is 33.8 Å². The predicted octanol–water partition coefficient (Wildman–Crippen LogP) is 10.6. The van der Waals surface area contributed by atoms with E-state index in [0.29, 0.717) is 23.8 Å². The van der Waals surface area contributed by atoms with E-state index >= 15 is 0 Å². The maximum Gasteiger partial charge on any atom is 0.0608 e. The number of hydrogen-bond acceptors (Lipinski definition) is 2. The summed E-state index contributed by atoms with van der Waals surface area (Å²) in [6, 6.07) is 20.9. The summed E-state index contributed by atoms with van der Waals surface area (Å²) in [5, 5.41) is 0. The van der Waals surface area contributed by atoms with Crippen molar-refractivity contribution >= 4 is 5.69 Å². The fourth-order valence-corrected chi connectivity index (χ4v) is 9.62. The molecule has 0 saturated carbocycles. The van der Waals surface area contributed by atoms with Crippen LogP contribution in [0.5, 0.6) is 0 Å². The summed E-state index contributed by atoms with van der Waals surface area (Å²) in [5.41, 5.74) is 14.0. The minimum absolute atomic E-state index is 0.395. The Balaban J connectivity index is 1.08. The molecular weight excluding hydrogens is 532 g/mol. The van der Waals surface area contributed by atoms with Crippen LogP contribution in [-0.4, -0.2) is 10.9 Å². The van der Waals surface area contributed by atoms with Crippen LogP contribution in [0, 0.1) is 11.8 Å². The highest BCUT2D eigenvalue weighted by atomic mass is 15.2. The number of anilines is 1. The first kappa shape index (κ1) is 26.6. The van der Waals surface area contributed by atoms with Crippen LogP contribution in [0.1, 0.15) is 93.6 Å². The number of para-hydroxylation sites is 1. The smallest absolute Gasteiger partial charge is 0.0608 e. The van der Waals surface area contributed by atoms with Crippen molar-refractivity contribution in [3.63, 3.8) is 0 Å². The average molecular weight is 577 g/mol. The molecule has 0 spiro atoms. The second-order valence-electron chi connectivity index (χ2n) is 14.0. The quantitative estimate of drug-likeness (QED) is 0.334. The van der Waals surface area contributed by atoms with Crippen LogP contribution >= 0.6 is 0 Å². The van der Waals surface area contributed by atoms with E-state index in [4.69, 9.17) is 0 Å². The van der Waals surface area contributed by atoms with Crippen LogP contribution in [0.2, 0.25) is 0 Å². The van der Waals surface area contributed by atoms with Crippen LogP contribution in [0.4, 0.5) is 5.69 Å². The van der Waals surface area contributed by atoms with Gasteiger partial charge in [0, 0.05) is 40.3 Å². The van der Waals surface area contributed by atoms with Crippen molar-refractivity contribution in [3.05, 3.63) is 148 Å². The Kier molecular flexibility index (Phi) is 6.64. The number of hydrogen-bond donors (Lipinski definition) is 0. The molecule has 0 bridgehead atoms. The summed E-state index contributed by atoms with van der Waals surface area (Å²) < 4.78 is 0. The third-order valence-corrected chi connectivity index (χ3v) is 11.8. The summed E-state index contributed by atoms with van der Waals surface area (Å²) in [4.78, 5) is 5.52. The van der Waals surface area contributed by atoms with Gasteiger partial charge in [0.2, 0.25) is 0 Å². The standard InChI is InChI=1S/C42H44N2/c1-3-11-29(12-4-1)31-19-23-33(24-20-31)43-39-17-9-7-15-35(39)37-27-38-36-16-8-10-18-40(36)44(42(38)28-41(37)43)34-25-21-32(22-26-34)30-13-5-2-6-14-30/h1-5,7-8,10-12,15-16,18,21,23,25,28,30-31,37-38,42H,6,9,13-14,17,19-20,22,24,26-27H2. The lowest BCUT2D eigenvalue weighted by atomic mass is 9.76. The van der Waals surface area contributed by atoms with Gasteiger partial charge in [0.1, 0.15) is 0 Å². The van der Waals surface area contributed by atoms with Crippen LogP contribution in [0.3, 0.4) is 0 Å². The van der Waals surface area contributed by atoms with Crippen molar-refractivity contribution in [3.8, 4) is 0 Å². The molecule has 2 nitrogen and oxygen atoms in total. The number of allylic oxidation sites excluding steroid dienone is 12. The molecule has 0 saturated heterocycles. The molecule has 2 aliphatic heterocycles. The van der Waals surface area contributed by atoms with E-state index in [9.17, 15) is 0 Å². The molecule has 0 N–H and O–H groups in total. The van der Waals surface area contributed by atoms with E-state index in [0.717, 1.165) is 31.6 Å². The van der Waals surface area contributed by atoms with E-state index in [2.05, 4.69) is 113 Å². The van der Waals surface area contributed by atoms with Crippen molar-refractivity contribution in [2.45, 2.75) is 88.5 Å². The Hall–Kier alpha value is -3.78. The van der Waals surface area contributed by atoms with Crippen molar-refractivity contribution in [2.75, 3.05) is 4.90 Å². The SMILES string of the molecule is C1=CC2=C(CC1)N(C1=CCC(c3ccccc3)CC1)C1=CC3C(CC12)c1ccccc1N3C1=CC=C(C2CC=CCC2)CC1. The van der Waals surface area contributed by atoms with Gasteiger partial charge in [-0.15, -0.1) is 0 Å². The highest BCUT2D eigenvalue weighted by Gasteiger charge is 2.48. The Morgan fingerprint density at radius 3 is 2.43 bits per heavy atom. The maximum absolute atomic E-state index is 2.77. The van der Waals surface area contributed by atoms with Gasteiger partial charge >= 0.3 is 0 Å². The summed E-state index contributed by atoms with van der Waals surface area (Å²) in [5.74, 6) is 2.44. The van der Waals surface area contributed by atoms with Crippen molar-refractivity contribution in [2.24, 2.45) is 11.8 Å². The molecule has 0 fully saturated rings. The van der Waals surface area contributed by atoms with Gasteiger partial charge in [-0.25, -0.2) is 0 Å². The third kappa shape index (κ3) is 4.36. The minimum atomic E-state index is 0.395. The van der Waals surface area contributed by atoms with Gasteiger partial charge < -0.3 is 9.80 Å². The maximum atomic E-state index is 2.77. The third-order valence-electron chi connectivity index (χ3n) is 11.8. The second-order valence-corrected chi connectivity index (χ2v) is 14.0. The second kappa shape index (κ2) is 11.0. The Morgan fingerprint density at radius 1 is 0.705 bits per heavy atom. The Morgan fingerprint density at radius 2 is 1.61 bits per heavy atom. The summed E-state index contributed by atoms with van der Waals surface area (Å²) >= 11 is 0. The van der Waals surface area contributed by atoms with E-state index in [1.165, 1.54) is 61.9 Å². The molecule has 0 radical (unpaired) electrons. The number of fused-ring (bicyclic) bond motifs is 5. The molecule has 0 amide bonds. The van der Waals surface area contributed by atoms with Gasteiger partial charge in [0.15, 0.2) is 0 Å². The molecule has 9 rings (SSSR count). The topological polar surface area (TPSA) is 6.48 Å². The Labute approximate surface area is 263 Å². The fourth-order valence-electron chi connectivity index (χ4n) is 9.62. The van der Waals surface area contributed by atoms with Crippen LogP contribution < -0.4 is 4.90 Å². The van der Waals surface area contributed by atoms with Gasteiger partial charge in [-0.2, -0.15) is 0 Å². The highest BCUT2D eigenvalue weighted by Crippen LogP contribution is 2.57. The van der Waals surface area contributed by atoms with Gasteiger partial charge in [0.05, 0.1) is 6.04 Å². The first-order valence-corrected chi connectivity index (χ1v) is 17.4. The lowest BCUT2D eigenvalue weighted by Gasteiger charge is -2.39. The number of rotatable bonds is 4. The molecule has 2 aromatic carbocycles. The first-order valence-electron chi connectivity index (χ1n) is 17.4. The van der Waals surface area contributed by atoms with Crippen molar-refractivity contribution < 1.29 is 0 Å². The first-order chi connectivity index (χ1) is 21.8. The zero-order valence-electron chi connectivity index (χ0n) is 25.9. The molecule has 0 aromatic heterocycles. The normalized spacial score (nSPS) is 30.6. The van der Waals surface area contributed by atoms with Gasteiger partial charge in [0.25, 0.3) is 0 Å². The number of nitrogens with zero attached hydrogens (tertiary/aromatic N) is 2. The van der Waals surface area contributed by atoms with Crippen LogP contribution in [0.15, 0.2) is 137 Å². The molecule has 222 valence electrons. The molecule has 2 heterocycles. The monoisotopic (exact) mass is 576 g/mol. The van der Waals surface area contributed by atoms with Gasteiger partial charge in [-0.1, -0.05) is 90.6 Å². The van der Waals surface area contributed by atoms with Gasteiger partial charge in [-0.3, -0.25) is 0 Å². The minimum Gasteiger partial charge on any atom is -0.337 e. The van der Waals surface area contributed by atoms with E-state index in [1.807, 2.05) is 0 Å². The molecule has 2 heteroatoms. The lowest BCUT2D eigenvalue weighted by Crippen LogP contribution is -2.37. The zero-order valence-corrected chi connectivity index (χ0v) is 25.9. The largest absolute Gasteiger partial charge is 0.337 e. The predicted molar refractivity (Wildman–Crippen MR) is 182 cm³/mol. The lowest BCUT2D eigenvalue weighted by molar-refractivity contribution is 0.397. The summed E-state index contributed by atoms with van der Waals surface area (Å²) in [6.45, 7) is 0. The van der Waals surface area contributed by atoms with Crippen molar-refractivity contribution in [1.29, 1.82) is 0 Å².